The number of nitrogens with zero attached hydrogens (tertiary/aromatic N) is 1. The van der Waals surface area contributed by atoms with E-state index in [-0.39, 0.29) is 11.1 Å². The van der Waals surface area contributed by atoms with Crippen molar-refractivity contribution in [1.82, 2.24) is 4.98 Å². The number of hydrogen-bond acceptors (Lipinski definition) is 3. The maximum absolute atomic E-state index is 13.8. The topological polar surface area (TPSA) is 42.4 Å². The molecule has 1 aromatic heterocycles. The SMILES string of the molecule is CCOc1cncc(C(O)c2cc(C)c(F)cc2F)c1. The number of halogens is 2. The van der Waals surface area contributed by atoms with Gasteiger partial charge in [-0.3, -0.25) is 4.98 Å². The molecular formula is C15H15F2NO2. The summed E-state index contributed by atoms with van der Waals surface area (Å²) in [6, 6.07) is 3.65. The van der Waals surface area contributed by atoms with Crippen molar-refractivity contribution >= 4 is 0 Å². The van der Waals surface area contributed by atoms with E-state index in [4.69, 9.17) is 4.74 Å². The monoisotopic (exact) mass is 279 g/mol. The number of rotatable bonds is 4. The zero-order valence-electron chi connectivity index (χ0n) is 11.2. The van der Waals surface area contributed by atoms with Crippen LogP contribution in [0.15, 0.2) is 30.6 Å². The zero-order chi connectivity index (χ0) is 14.7. The lowest BCUT2D eigenvalue weighted by atomic mass is 10.0. The molecule has 0 saturated heterocycles. The molecule has 0 radical (unpaired) electrons. The highest BCUT2D eigenvalue weighted by Gasteiger charge is 2.18. The average Bonchev–Trinajstić information content (AvgIpc) is 2.43. The van der Waals surface area contributed by atoms with Crippen LogP contribution >= 0.6 is 0 Å². The second-order valence-corrected chi connectivity index (χ2v) is 4.41. The van der Waals surface area contributed by atoms with Gasteiger partial charge in [0.25, 0.3) is 0 Å². The third-order valence-electron chi connectivity index (χ3n) is 2.93. The Kier molecular flexibility index (Phi) is 4.29. The Labute approximate surface area is 115 Å². The first-order chi connectivity index (χ1) is 9.52. The lowest BCUT2D eigenvalue weighted by Gasteiger charge is -2.14. The summed E-state index contributed by atoms with van der Waals surface area (Å²) in [6.45, 7) is 3.80. The minimum atomic E-state index is -1.22. The number of aliphatic hydroxyl groups excluding tert-OH is 1. The van der Waals surface area contributed by atoms with Crippen molar-refractivity contribution in [3.63, 3.8) is 0 Å². The lowest BCUT2D eigenvalue weighted by molar-refractivity contribution is 0.213. The number of aryl methyl sites for hydroxylation is 1. The minimum absolute atomic E-state index is 0.0133. The standard InChI is InChI=1S/C15H15F2NO2/c1-3-20-11-5-10(7-18-8-11)15(19)12-4-9(2)13(16)6-14(12)17/h4-8,15,19H,3H2,1-2H3. The van der Waals surface area contributed by atoms with Crippen molar-refractivity contribution in [1.29, 1.82) is 0 Å². The van der Waals surface area contributed by atoms with Crippen molar-refractivity contribution in [2.45, 2.75) is 20.0 Å². The Morgan fingerprint density at radius 2 is 1.95 bits per heavy atom. The molecule has 0 bridgehead atoms. The van der Waals surface area contributed by atoms with Gasteiger partial charge in [-0.25, -0.2) is 8.78 Å². The smallest absolute Gasteiger partial charge is 0.137 e. The van der Waals surface area contributed by atoms with E-state index in [2.05, 4.69) is 4.98 Å². The van der Waals surface area contributed by atoms with Gasteiger partial charge in [-0.05, 0) is 31.5 Å². The van der Waals surface area contributed by atoms with Crippen LogP contribution in [0.3, 0.4) is 0 Å². The molecule has 0 spiro atoms. The number of aliphatic hydroxyl groups is 1. The molecule has 0 aliphatic rings. The Balaban J connectivity index is 2.38. The van der Waals surface area contributed by atoms with Crippen LogP contribution in [0.1, 0.15) is 29.7 Å². The Hall–Kier alpha value is -2.01. The van der Waals surface area contributed by atoms with Crippen LogP contribution in [0.4, 0.5) is 8.78 Å². The van der Waals surface area contributed by atoms with Gasteiger partial charge in [0.15, 0.2) is 0 Å². The molecule has 20 heavy (non-hydrogen) atoms. The van der Waals surface area contributed by atoms with Crippen LogP contribution in [-0.4, -0.2) is 16.7 Å². The fourth-order valence-corrected chi connectivity index (χ4v) is 1.90. The second-order valence-electron chi connectivity index (χ2n) is 4.41. The second kappa shape index (κ2) is 5.96. The average molecular weight is 279 g/mol. The molecule has 1 heterocycles. The number of aromatic nitrogens is 1. The van der Waals surface area contributed by atoms with E-state index in [1.165, 1.54) is 25.4 Å². The molecule has 1 N–H and O–H groups in total. The number of ether oxygens (including phenoxy) is 1. The molecule has 0 saturated carbocycles. The Bertz CT molecular complexity index is 617. The van der Waals surface area contributed by atoms with Gasteiger partial charge in [0.2, 0.25) is 0 Å². The quantitative estimate of drug-likeness (QED) is 0.934. The Morgan fingerprint density at radius 1 is 1.20 bits per heavy atom. The van der Waals surface area contributed by atoms with E-state index >= 15 is 0 Å². The summed E-state index contributed by atoms with van der Waals surface area (Å²) in [5.41, 5.74) is 0.676. The molecule has 2 aromatic rings. The first-order valence-electron chi connectivity index (χ1n) is 6.24. The van der Waals surface area contributed by atoms with Gasteiger partial charge in [0.1, 0.15) is 23.5 Å². The van der Waals surface area contributed by atoms with Gasteiger partial charge in [-0.15, -0.1) is 0 Å². The molecule has 0 aliphatic heterocycles. The van der Waals surface area contributed by atoms with E-state index in [0.29, 0.717) is 17.9 Å². The van der Waals surface area contributed by atoms with Gasteiger partial charge in [0.05, 0.1) is 12.8 Å². The molecule has 1 aromatic carbocycles. The Morgan fingerprint density at radius 3 is 2.65 bits per heavy atom. The van der Waals surface area contributed by atoms with Crippen molar-refractivity contribution < 1.29 is 18.6 Å². The largest absolute Gasteiger partial charge is 0.492 e. The number of benzene rings is 1. The van der Waals surface area contributed by atoms with E-state index in [9.17, 15) is 13.9 Å². The van der Waals surface area contributed by atoms with Gasteiger partial charge in [0, 0.05) is 23.4 Å². The summed E-state index contributed by atoms with van der Waals surface area (Å²) in [7, 11) is 0. The summed E-state index contributed by atoms with van der Waals surface area (Å²) in [4.78, 5) is 3.94. The number of pyridine rings is 1. The lowest BCUT2D eigenvalue weighted by Crippen LogP contribution is -2.05. The van der Waals surface area contributed by atoms with Crippen LogP contribution in [0.5, 0.6) is 5.75 Å². The molecule has 0 fully saturated rings. The van der Waals surface area contributed by atoms with Crippen LogP contribution in [-0.2, 0) is 0 Å². The van der Waals surface area contributed by atoms with Crippen LogP contribution in [0.25, 0.3) is 0 Å². The van der Waals surface area contributed by atoms with Crippen LogP contribution in [0, 0.1) is 18.6 Å². The normalized spacial score (nSPS) is 12.2. The van der Waals surface area contributed by atoms with Crippen LogP contribution in [0.2, 0.25) is 0 Å². The summed E-state index contributed by atoms with van der Waals surface area (Å²) >= 11 is 0. The van der Waals surface area contributed by atoms with E-state index in [1.54, 1.807) is 6.07 Å². The van der Waals surface area contributed by atoms with Gasteiger partial charge in [-0.2, -0.15) is 0 Å². The summed E-state index contributed by atoms with van der Waals surface area (Å²) in [5, 5.41) is 10.2. The maximum Gasteiger partial charge on any atom is 0.137 e. The molecular weight excluding hydrogens is 264 g/mol. The van der Waals surface area contributed by atoms with Crippen molar-refractivity contribution in [2.24, 2.45) is 0 Å². The highest BCUT2D eigenvalue weighted by atomic mass is 19.1. The van der Waals surface area contributed by atoms with E-state index < -0.39 is 17.7 Å². The predicted octanol–water partition coefficient (Wildman–Crippen LogP) is 3.15. The first kappa shape index (κ1) is 14.4. The molecule has 0 aliphatic carbocycles. The zero-order valence-corrected chi connectivity index (χ0v) is 11.2. The molecule has 106 valence electrons. The van der Waals surface area contributed by atoms with Gasteiger partial charge < -0.3 is 9.84 Å². The summed E-state index contributed by atoms with van der Waals surface area (Å²) < 4.78 is 32.3. The summed E-state index contributed by atoms with van der Waals surface area (Å²) in [5.74, 6) is -0.939. The fourth-order valence-electron chi connectivity index (χ4n) is 1.90. The molecule has 0 amide bonds. The highest BCUT2D eigenvalue weighted by molar-refractivity contribution is 5.35. The molecule has 5 heteroatoms. The maximum atomic E-state index is 13.8. The van der Waals surface area contributed by atoms with Crippen LogP contribution < -0.4 is 4.74 Å². The molecule has 2 rings (SSSR count). The number of hydrogen-bond donors (Lipinski definition) is 1. The fraction of sp³-hybridized carbons (Fsp3) is 0.267. The first-order valence-corrected chi connectivity index (χ1v) is 6.24. The van der Waals surface area contributed by atoms with Crippen molar-refractivity contribution in [2.75, 3.05) is 6.61 Å². The summed E-state index contributed by atoms with van der Waals surface area (Å²) in [6.07, 6.45) is 1.71. The molecule has 1 atom stereocenters. The predicted molar refractivity (Wildman–Crippen MR) is 70.6 cm³/mol. The molecule has 1 unspecified atom stereocenters. The third-order valence-corrected chi connectivity index (χ3v) is 2.93. The van der Waals surface area contributed by atoms with Gasteiger partial charge >= 0.3 is 0 Å². The van der Waals surface area contributed by atoms with Crippen molar-refractivity contribution in [3.05, 3.63) is 58.9 Å². The minimum Gasteiger partial charge on any atom is -0.492 e. The van der Waals surface area contributed by atoms with Crippen molar-refractivity contribution in [3.8, 4) is 5.75 Å². The van der Waals surface area contributed by atoms with E-state index in [0.717, 1.165) is 6.07 Å². The van der Waals surface area contributed by atoms with E-state index in [1.807, 2.05) is 6.92 Å². The highest BCUT2D eigenvalue weighted by Crippen LogP contribution is 2.27. The van der Waals surface area contributed by atoms with Gasteiger partial charge in [-0.1, -0.05) is 0 Å². The molecule has 3 nitrogen and oxygen atoms in total. The third kappa shape index (κ3) is 2.93.